The van der Waals surface area contributed by atoms with Gasteiger partial charge < -0.3 is 48.5 Å². The fourth-order valence-corrected chi connectivity index (χ4v) is 4.52. The molecular weight excluding hydrogens is 526 g/mol. The van der Waals surface area contributed by atoms with Crippen LogP contribution in [0.5, 0.6) is 0 Å². The number of carboxylic acids is 1. The number of benzene rings is 1. The van der Waals surface area contributed by atoms with Crippen LogP contribution in [0.4, 0.5) is 0 Å². The van der Waals surface area contributed by atoms with Gasteiger partial charge in [-0.3, -0.25) is 33.8 Å². The van der Waals surface area contributed by atoms with Crippen LogP contribution in [0.15, 0.2) is 35.3 Å². The first-order chi connectivity index (χ1) is 18.9. The van der Waals surface area contributed by atoms with Crippen LogP contribution in [-0.2, 0) is 35.2 Å². The molecule has 0 aromatic heterocycles. The fourth-order valence-electron chi connectivity index (χ4n) is 4.52. The average Bonchev–Trinajstić information content (AvgIpc) is 2.89. The van der Waals surface area contributed by atoms with Crippen LogP contribution in [0.25, 0.3) is 0 Å². The smallest absolute Gasteiger partial charge is 0.305 e. The number of guanidine groups is 1. The largest absolute Gasteiger partial charge is 0.481 e. The third-order valence-corrected chi connectivity index (χ3v) is 6.48. The summed E-state index contributed by atoms with van der Waals surface area (Å²) < 4.78 is 0. The number of carboxylic acid groups (broad SMARTS) is 1. The van der Waals surface area contributed by atoms with Crippen molar-refractivity contribution in [2.24, 2.45) is 22.2 Å². The molecule has 16 nitrogen and oxygen atoms in total. The molecule has 2 saturated heterocycles. The van der Waals surface area contributed by atoms with E-state index in [0.717, 1.165) is 4.90 Å². The Bertz CT molecular complexity index is 1190. The predicted molar refractivity (Wildman–Crippen MR) is 140 cm³/mol. The van der Waals surface area contributed by atoms with Gasteiger partial charge in [-0.2, -0.15) is 0 Å². The highest BCUT2D eigenvalue weighted by atomic mass is 16.4. The molecule has 4 atom stereocenters. The summed E-state index contributed by atoms with van der Waals surface area (Å²) in [4.78, 5) is 80.8. The molecule has 40 heavy (non-hydrogen) atoms. The lowest BCUT2D eigenvalue weighted by Gasteiger charge is -2.55. The maximum atomic E-state index is 13.1. The minimum atomic E-state index is -1.57. The number of amides is 5. The molecule has 5 amide bonds. The number of carbonyl (C=O) groups is 6. The molecule has 16 heteroatoms. The van der Waals surface area contributed by atoms with Gasteiger partial charge in [0, 0.05) is 13.0 Å². The van der Waals surface area contributed by atoms with Crippen LogP contribution in [0, 0.1) is 0 Å². The van der Waals surface area contributed by atoms with Crippen molar-refractivity contribution in [2.45, 2.75) is 49.5 Å². The van der Waals surface area contributed by atoms with Gasteiger partial charge in [0.25, 0.3) is 5.91 Å². The molecule has 3 rings (SSSR count). The first-order valence-corrected chi connectivity index (χ1v) is 12.5. The maximum absolute atomic E-state index is 13.1. The van der Waals surface area contributed by atoms with Crippen LogP contribution in [0.1, 0.15) is 24.8 Å². The average molecular weight is 560 g/mol. The third-order valence-electron chi connectivity index (χ3n) is 6.48. The van der Waals surface area contributed by atoms with Gasteiger partial charge in [0.2, 0.25) is 23.6 Å². The van der Waals surface area contributed by atoms with Gasteiger partial charge in [-0.25, -0.2) is 0 Å². The second-order valence-corrected chi connectivity index (χ2v) is 9.52. The number of β-lactam (4-membered cyclic amide) rings is 1. The van der Waals surface area contributed by atoms with Crippen LogP contribution in [-0.4, -0.2) is 94.9 Å². The summed E-state index contributed by atoms with van der Waals surface area (Å²) in [7, 11) is 0. The summed E-state index contributed by atoms with van der Waals surface area (Å²) in [6.45, 7) is -0.962. The monoisotopic (exact) mass is 559 g/mol. The van der Waals surface area contributed by atoms with Crippen LogP contribution < -0.4 is 38.5 Å². The topological polar surface area (TPSA) is 264 Å². The number of nitrogens with zero attached hydrogens (tertiary/aromatic N) is 2. The summed E-state index contributed by atoms with van der Waals surface area (Å²) in [5.74, 6) is -5.46. The third kappa shape index (κ3) is 7.43. The molecule has 0 aliphatic carbocycles. The molecule has 2 fully saturated rings. The Morgan fingerprint density at radius 2 is 1.68 bits per heavy atom. The number of aliphatic imine (C=N–C) groups is 1. The van der Waals surface area contributed by atoms with Crippen molar-refractivity contribution in [2.75, 3.05) is 19.6 Å². The van der Waals surface area contributed by atoms with E-state index in [-0.39, 0.29) is 25.3 Å². The van der Waals surface area contributed by atoms with E-state index >= 15 is 0 Å². The lowest BCUT2D eigenvalue weighted by Crippen LogP contribution is -2.85. The van der Waals surface area contributed by atoms with Gasteiger partial charge in [0.1, 0.15) is 30.3 Å². The number of hydrogen-bond donors (Lipinski definition) is 8. The molecule has 2 aliphatic heterocycles. The van der Waals surface area contributed by atoms with Gasteiger partial charge in [-0.1, -0.05) is 30.3 Å². The highest BCUT2D eigenvalue weighted by Gasteiger charge is 2.59. The Kier molecular flexibility index (Phi) is 9.60. The SMILES string of the molecule is NC(N)=NCCC[C@@H]1NC(=O)CN2C(=O)C(NC(=O)[C@H](CC(=O)O)NC(=O)CNC1=O)[C@]2(N)Cc1ccccc1. The number of fused-ring (bicyclic) bond motifs is 2. The molecule has 0 saturated carbocycles. The van der Waals surface area contributed by atoms with Crippen molar-refractivity contribution in [1.29, 1.82) is 0 Å². The molecule has 2 aliphatic rings. The van der Waals surface area contributed by atoms with E-state index in [4.69, 9.17) is 17.2 Å². The van der Waals surface area contributed by atoms with Gasteiger partial charge in [0.15, 0.2) is 5.96 Å². The molecule has 0 spiro atoms. The van der Waals surface area contributed by atoms with Crippen molar-refractivity contribution in [3.05, 3.63) is 35.9 Å². The highest BCUT2D eigenvalue weighted by molar-refractivity contribution is 6.00. The summed E-state index contributed by atoms with van der Waals surface area (Å²) in [5.41, 5.74) is 16.4. The highest BCUT2D eigenvalue weighted by Crippen LogP contribution is 2.31. The zero-order chi connectivity index (χ0) is 29.4. The lowest BCUT2D eigenvalue weighted by molar-refractivity contribution is -0.168. The molecular formula is C24H33N9O7. The molecule has 1 unspecified atom stereocenters. The second kappa shape index (κ2) is 12.9. The van der Waals surface area contributed by atoms with Crippen molar-refractivity contribution < 1.29 is 33.9 Å². The van der Waals surface area contributed by atoms with E-state index in [2.05, 4.69) is 26.3 Å². The molecule has 2 bridgehead atoms. The first-order valence-electron chi connectivity index (χ1n) is 12.5. The summed E-state index contributed by atoms with van der Waals surface area (Å²) >= 11 is 0. The first kappa shape index (κ1) is 29.8. The molecule has 1 aromatic rings. The Morgan fingerprint density at radius 1 is 1.00 bits per heavy atom. The molecule has 1 aromatic carbocycles. The number of nitrogens with one attached hydrogen (secondary N) is 4. The van der Waals surface area contributed by atoms with Gasteiger partial charge in [0.05, 0.1) is 13.0 Å². The Balaban J connectivity index is 1.92. The molecule has 11 N–H and O–H groups in total. The quantitative estimate of drug-likeness (QED) is 0.0659. The van der Waals surface area contributed by atoms with Crippen LogP contribution >= 0.6 is 0 Å². The van der Waals surface area contributed by atoms with Gasteiger partial charge in [-0.15, -0.1) is 0 Å². The fraction of sp³-hybridized carbons (Fsp3) is 0.458. The maximum Gasteiger partial charge on any atom is 0.305 e. The van der Waals surface area contributed by atoms with Gasteiger partial charge in [-0.05, 0) is 18.4 Å². The number of aliphatic carboxylic acids is 1. The second-order valence-electron chi connectivity index (χ2n) is 9.52. The Hall–Kier alpha value is -4.73. The Labute approximate surface area is 229 Å². The minimum absolute atomic E-state index is 0.0379. The van der Waals surface area contributed by atoms with Crippen molar-refractivity contribution in [3.63, 3.8) is 0 Å². The number of hydrogen-bond acceptors (Lipinski definition) is 8. The van der Waals surface area contributed by atoms with Crippen molar-refractivity contribution >= 4 is 41.5 Å². The van der Waals surface area contributed by atoms with E-state index in [1.165, 1.54) is 0 Å². The summed E-state index contributed by atoms with van der Waals surface area (Å²) in [6, 6.07) is 4.78. The van der Waals surface area contributed by atoms with E-state index in [0.29, 0.717) is 12.0 Å². The predicted octanol–water partition coefficient (Wildman–Crippen LogP) is -4.16. The molecule has 216 valence electrons. The normalized spacial score (nSPS) is 25.7. The van der Waals surface area contributed by atoms with E-state index in [1.807, 2.05) is 0 Å². The van der Waals surface area contributed by atoms with Crippen LogP contribution in [0.3, 0.4) is 0 Å². The lowest BCUT2D eigenvalue weighted by atomic mass is 9.82. The molecule has 0 radical (unpaired) electrons. The minimum Gasteiger partial charge on any atom is -0.481 e. The van der Waals surface area contributed by atoms with Crippen LogP contribution in [0.2, 0.25) is 0 Å². The molecule has 2 heterocycles. The van der Waals surface area contributed by atoms with Crippen molar-refractivity contribution in [1.82, 2.24) is 26.2 Å². The summed E-state index contributed by atoms with van der Waals surface area (Å²) in [6.07, 6.45) is -0.372. The number of rotatable bonds is 8. The zero-order valence-corrected chi connectivity index (χ0v) is 21.6. The number of carbonyl (C=O) groups excluding carboxylic acids is 5. The van der Waals surface area contributed by atoms with E-state index in [1.54, 1.807) is 30.3 Å². The van der Waals surface area contributed by atoms with Gasteiger partial charge >= 0.3 is 5.97 Å². The van der Waals surface area contributed by atoms with E-state index < -0.39 is 78.8 Å². The Morgan fingerprint density at radius 3 is 2.33 bits per heavy atom. The zero-order valence-electron chi connectivity index (χ0n) is 21.6. The number of nitrogens with two attached hydrogens (primary N) is 3. The standard InChI is InChI=1S/C24H33N9O7/c25-23(26)28-8-4-7-14-20(38)29-11-16(34)31-15(9-18(36)37)21(39)32-19-22(40)33(12-17(35)30-14)24(19,27)10-13-5-2-1-3-6-13/h1-3,5-6,14-15,19H,4,7-12,27H2,(H,29,38)(H,30,35)(H,31,34)(H,32,39)(H,36,37)(H4,25,26,28)/t14-,15-,19?,24-/m0/s1. The van der Waals surface area contributed by atoms with E-state index in [9.17, 15) is 33.9 Å². The van der Waals surface area contributed by atoms with Crippen molar-refractivity contribution in [3.8, 4) is 0 Å². The summed E-state index contributed by atoms with van der Waals surface area (Å²) in [5, 5.41) is 18.9.